The van der Waals surface area contributed by atoms with Crippen LogP contribution < -0.4 is 9.47 Å². The van der Waals surface area contributed by atoms with E-state index in [1.54, 1.807) is 0 Å². The molecule has 4 heteroatoms. The Hall–Kier alpha value is -1.19. The minimum absolute atomic E-state index is 0.463. The fourth-order valence-corrected chi connectivity index (χ4v) is 2.67. The maximum absolute atomic E-state index is 6.11. The molecule has 0 unspecified atom stereocenters. The van der Waals surface area contributed by atoms with Gasteiger partial charge in [0.25, 0.3) is 0 Å². The predicted molar refractivity (Wildman–Crippen MR) is 79.1 cm³/mol. The quantitative estimate of drug-likeness (QED) is 0.812. The summed E-state index contributed by atoms with van der Waals surface area (Å²) in [6, 6.07) is 11.6. The van der Waals surface area contributed by atoms with Gasteiger partial charge < -0.3 is 9.47 Å². The van der Waals surface area contributed by atoms with E-state index in [-0.39, 0.29) is 0 Å². The van der Waals surface area contributed by atoms with Crippen molar-refractivity contribution >= 4 is 27.5 Å². The number of hydrogen-bond donors (Lipinski definition) is 0. The van der Waals surface area contributed by atoms with Crippen LogP contribution in [0, 0.1) is 0 Å². The first-order valence-corrected chi connectivity index (χ1v) is 7.22. The molecule has 0 aliphatic carbocycles. The van der Waals surface area contributed by atoms with Crippen LogP contribution in [0.15, 0.2) is 40.9 Å². The van der Waals surface area contributed by atoms with Crippen molar-refractivity contribution < 1.29 is 9.47 Å². The van der Waals surface area contributed by atoms with Crippen molar-refractivity contribution in [1.29, 1.82) is 0 Å². The lowest BCUT2D eigenvalue weighted by atomic mass is 10.1. The Labute approximate surface area is 125 Å². The molecule has 2 aromatic rings. The van der Waals surface area contributed by atoms with E-state index in [4.69, 9.17) is 21.1 Å². The zero-order chi connectivity index (χ0) is 13.2. The van der Waals surface area contributed by atoms with E-state index < -0.39 is 0 Å². The SMILES string of the molecule is Clc1cc2c(c(COc3ccc(Br)cc3)c1)OCC2. The summed E-state index contributed by atoms with van der Waals surface area (Å²) < 4.78 is 12.4. The molecule has 0 aromatic heterocycles. The Balaban J connectivity index is 1.78. The number of ether oxygens (including phenoxy) is 2. The predicted octanol–water partition coefficient (Wildman–Crippen LogP) is 4.62. The van der Waals surface area contributed by atoms with Gasteiger partial charge in [-0.2, -0.15) is 0 Å². The molecule has 3 rings (SSSR count). The van der Waals surface area contributed by atoms with E-state index in [0.717, 1.165) is 39.6 Å². The normalized spacial score (nSPS) is 12.9. The van der Waals surface area contributed by atoms with Gasteiger partial charge >= 0.3 is 0 Å². The summed E-state index contributed by atoms with van der Waals surface area (Å²) in [6.07, 6.45) is 0.918. The largest absolute Gasteiger partial charge is 0.493 e. The second-order valence-corrected chi connectivity index (χ2v) is 5.75. The number of fused-ring (bicyclic) bond motifs is 1. The maximum atomic E-state index is 6.11. The van der Waals surface area contributed by atoms with Crippen molar-refractivity contribution in [1.82, 2.24) is 0 Å². The fraction of sp³-hybridized carbons (Fsp3) is 0.200. The lowest BCUT2D eigenvalue weighted by molar-refractivity contribution is 0.292. The third-order valence-corrected chi connectivity index (χ3v) is 3.78. The zero-order valence-corrected chi connectivity index (χ0v) is 12.5. The highest BCUT2D eigenvalue weighted by Crippen LogP contribution is 2.33. The molecule has 0 bridgehead atoms. The molecule has 1 aliphatic heterocycles. The van der Waals surface area contributed by atoms with Crippen LogP contribution in [0.1, 0.15) is 11.1 Å². The van der Waals surface area contributed by atoms with Crippen LogP contribution in [0.2, 0.25) is 5.02 Å². The molecule has 98 valence electrons. The van der Waals surface area contributed by atoms with E-state index in [2.05, 4.69) is 15.9 Å². The first kappa shape index (κ1) is 12.8. The highest BCUT2D eigenvalue weighted by atomic mass is 79.9. The summed E-state index contributed by atoms with van der Waals surface area (Å²) in [7, 11) is 0. The average molecular weight is 340 g/mol. The second-order valence-electron chi connectivity index (χ2n) is 4.39. The van der Waals surface area contributed by atoms with Crippen LogP contribution in [-0.2, 0) is 13.0 Å². The highest BCUT2D eigenvalue weighted by Gasteiger charge is 2.17. The van der Waals surface area contributed by atoms with Crippen LogP contribution in [0.25, 0.3) is 0 Å². The lowest BCUT2D eigenvalue weighted by Gasteiger charge is -2.10. The van der Waals surface area contributed by atoms with E-state index in [1.165, 1.54) is 5.56 Å². The third-order valence-electron chi connectivity index (χ3n) is 3.03. The molecule has 0 radical (unpaired) electrons. The highest BCUT2D eigenvalue weighted by molar-refractivity contribution is 9.10. The summed E-state index contributed by atoms with van der Waals surface area (Å²) in [5, 5.41) is 0.735. The summed E-state index contributed by atoms with van der Waals surface area (Å²) in [4.78, 5) is 0. The van der Waals surface area contributed by atoms with Gasteiger partial charge in [0.1, 0.15) is 18.1 Å². The average Bonchev–Trinajstić information content (AvgIpc) is 2.85. The second kappa shape index (κ2) is 5.43. The van der Waals surface area contributed by atoms with Crippen molar-refractivity contribution in [2.45, 2.75) is 13.0 Å². The van der Waals surface area contributed by atoms with Crippen LogP contribution >= 0.6 is 27.5 Å². The van der Waals surface area contributed by atoms with Gasteiger partial charge in [-0.25, -0.2) is 0 Å². The molecular weight excluding hydrogens is 328 g/mol. The Morgan fingerprint density at radius 2 is 2.00 bits per heavy atom. The van der Waals surface area contributed by atoms with Crippen molar-refractivity contribution in [3.05, 3.63) is 57.0 Å². The monoisotopic (exact) mass is 338 g/mol. The topological polar surface area (TPSA) is 18.5 Å². The fourth-order valence-electron chi connectivity index (χ4n) is 2.15. The van der Waals surface area contributed by atoms with Crippen molar-refractivity contribution in [2.24, 2.45) is 0 Å². The van der Waals surface area contributed by atoms with Crippen molar-refractivity contribution in [3.8, 4) is 11.5 Å². The van der Waals surface area contributed by atoms with Gasteiger partial charge in [-0.05, 0) is 42.0 Å². The minimum Gasteiger partial charge on any atom is -0.493 e. The lowest BCUT2D eigenvalue weighted by Crippen LogP contribution is -1.98. The molecule has 0 saturated heterocycles. The Bertz CT molecular complexity index is 596. The molecule has 0 amide bonds. The molecule has 0 N–H and O–H groups in total. The summed E-state index contributed by atoms with van der Waals surface area (Å²) >= 11 is 9.51. The number of hydrogen-bond acceptors (Lipinski definition) is 2. The van der Waals surface area contributed by atoms with Crippen molar-refractivity contribution in [2.75, 3.05) is 6.61 Å². The van der Waals surface area contributed by atoms with Gasteiger partial charge in [0.05, 0.1) is 6.61 Å². The third kappa shape index (κ3) is 2.88. The summed E-state index contributed by atoms with van der Waals surface area (Å²) in [6.45, 7) is 1.19. The van der Waals surface area contributed by atoms with Crippen LogP contribution in [0.4, 0.5) is 0 Å². The Kier molecular flexibility index (Phi) is 3.67. The van der Waals surface area contributed by atoms with Crippen LogP contribution in [0.5, 0.6) is 11.5 Å². The Morgan fingerprint density at radius 1 is 1.21 bits per heavy atom. The Morgan fingerprint density at radius 3 is 2.79 bits per heavy atom. The summed E-state index contributed by atoms with van der Waals surface area (Å²) in [5.41, 5.74) is 2.17. The molecule has 2 aromatic carbocycles. The van der Waals surface area contributed by atoms with Gasteiger partial charge in [0, 0.05) is 21.5 Å². The van der Waals surface area contributed by atoms with Gasteiger partial charge in [-0.15, -0.1) is 0 Å². The molecule has 19 heavy (non-hydrogen) atoms. The number of benzene rings is 2. The van der Waals surface area contributed by atoms with Gasteiger partial charge in [-0.1, -0.05) is 27.5 Å². The van der Waals surface area contributed by atoms with Gasteiger partial charge in [0.2, 0.25) is 0 Å². The molecule has 2 nitrogen and oxygen atoms in total. The van der Waals surface area contributed by atoms with E-state index in [9.17, 15) is 0 Å². The molecule has 1 aliphatic rings. The standard InChI is InChI=1S/C15H12BrClO2/c16-12-1-3-14(4-2-12)19-9-11-8-13(17)7-10-5-6-18-15(10)11/h1-4,7-8H,5-6,9H2. The maximum Gasteiger partial charge on any atom is 0.129 e. The molecule has 0 atom stereocenters. The van der Waals surface area contributed by atoms with Crippen molar-refractivity contribution in [3.63, 3.8) is 0 Å². The molecule has 0 fully saturated rings. The molecular formula is C15H12BrClO2. The molecule has 0 spiro atoms. The van der Waals surface area contributed by atoms with E-state index >= 15 is 0 Å². The van der Waals surface area contributed by atoms with Crippen LogP contribution in [-0.4, -0.2) is 6.61 Å². The van der Waals surface area contributed by atoms with E-state index in [0.29, 0.717) is 6.61 Å². The van der Waals surface area contributed by atoms with Crippen LogP contribution in [0.3, 0.4) is 0 Å². The molecule has 0 saturated carbocycles. The minimum atomic E-state index is 0.463. The molecule has 1 heterocycles. The first-order valence-electron chi connectivity index (χ1n) is 6.05. The first-order chi connectivity index (χ1) is 9.22. The van der Waals surface area contributed by atoms with Gasteiger partial charge in [0.15, 0.2) is 0 Å². The number of halogens is 2. The summed E-state index contributed by atoms with van der Waals surface area (Å²) in [5.74, 6) is 1.76. The number of rotatable bonds is 3. The van der Waals surface area contributed by atoms with E-state index in [1.807, 2.05) is 36.4 Å². The zero-order valence-electron chi connectivity index (χ0n) is 10.2. The van der Waals surface area contributed by atoms with Gasteiger partial charge in [-0.3, -0.25) is 0 Å². The smallest absolute Gasteiger partial charge is 0.129 e.